The minimum absolute atomic E-state index is 0. The number of halogens is 1. The standard InChI is InChI=1S/C7H13NO.ClH/c8-5-7(9)4-6-2-1-3-6;/h6H,1-5,8H2;1H. The molecular weight excluding hydrogens is 150 g/mol. The van der Waals surface area contributed by atoms with Gasteiger partial charge in [-0.05, 0) is 5.92 Å². The second-order valence-corrected chi connectivity index (χ2v) is 2.74. The summed E-state index contributed by atoms with van der Waals surface area (Å²) in [6.07, 6.45) is 4.52. The van der Waals surface area contributed by atoms with Crippen molar-refractivity contribution >= 4 is 18.2 Å². The fourth-order valence-electron chi connectivity index (χ4n) is 1.10. The third kappa shape index (κ3) is 2.67. The van der Waals surface area contributed by atoms with Gasteiger partial charge in [0.1, 0.15) is 5.78 Å². The SMILES string of the molecule is Cl.NCC(=O)CC1CCC1. The van der Waals surface area contributed by atoms with Gasteiger partial charge in [-0.2, -0.15) is 0 Å². The van der Waals surface area contributed by atoms with E-state index in [4.69, 9.17) is 5.73 Å². The molecule has 0 radical (unpaired) electrons. The van der Waals surface area contributed by atoms with Gasteiger partial charge in [-0.15, -0.1) is 12.4 Å². The van der Waals surface area contributed by atoms with Crippen molar-refractivity contribution in [2.24, 2.45) is 11.7 Å². The molecule has 1 fully saturated rings. The van der Waals surface area contributed by atoms with E-state index in [-0.39, 0.29) is 24.7 Å². The molecule has 0 aromatic rings. The molecule has 2 nitrogen and oxygen atoms in total. The molecule has 1 rings (SSSR count). The Morgan fingerprint density at radius 1 is 1.50 bits per heavy atom. The molecule has 1 saturated carbocycles. The average Bonchev–Trinajstić information content (AvgIpc) is 1.78. The van der Waals surface area contributed by atoms with Crippen LogP contribution in [-0.4, -0.2) is 12.3 Å². The van der Waals surface area contributed by atoms with Gasteiger partial charge in [0, 0.05) is 6.42 Å². The molecule has 0 unspecified atom stereocenters. The number of carbonyl (C=O) groups excluding carboxylic acids is 1. The van der Waals surface area contributed by atoms with Crippen molar-refractivity contribution in [3.8, 4) is 0 Å². The Labute approximate surface area is 67.6 Å². The van der Waals surface area contributed by atoms with Crippen LogP contribution in [0.2, 0.25) is 0 Å². The van der Waals surface area contributed by atoms with Gasteiger partial charge >= 0.3 is 0 Å². The van der Waals surface area contributed by atoms with Crippen LogP contribution in [0.15, 0.2) is 0 Å². The van der Waals surface area contributed by atoms with Crippen molar-refractivity contribution in [2.75, 3.05) is 6.54 Å². The van der Waals surface area contributed by atoms with Gasteiger partial charge in [-0.25, -0.2) is 0 Å². The lowest BCUT2D eigenvalue weighted by Crippen LogP contribution is -2.21. The van der Waals surface area contributed by atoms with Crippen molar-refractivity contribution in [3.05, 3.63) is 0 Å². The van der Waals surface area contributed by atoms with Gasteiger partial charge in [-0.1, -0.05) is 19.3 Å². The molecule has 0 aliphatic heterocycles. The van der Waals surface area contributed by atoms with Gasteiger partial charge in [0.2, 0.25) is 0 Å². The molecular formula is C7H14ClNO. The van der Waals surface area contributed by atoms with E-state index in [1.54, 1.807) is 0 Å². The van der Waals surface area contributed by atoms with E-state index < -0.39 is 0 Å². The highest BCUT2D eigenvalue weighted by atomic mass is 35.5. The quantitative estimate of drug-likeness (QED) is 0.678. The molecule has 0 spiro atoms. The fourth-order valence-corrected chi connectivity index (χ4v) is 1.10. The smallest absolute Gasteiger partial charge is 0.146 e. The van der Waals surface area contributed by atoms with Crippen LogP contribution < -0.4 is 5.73 Å². The highest BCUT2D eigenvalue weighted by Crippen LogP contribution is 2.29. The summed E-state index contributed by atoms with van der Waals surface area (Å²) in [4.78, 5) is 10.7. The van der Waals surface area contributed by atoms with Crippen molar-refractivity contribution in [2.45, 2.75) is 25.7 Å². The Morgan fingerprint density at radius 3 is 2.40 bits per heavy atom. The van der Waals surface area contributed by atoms with Crippen molar-refractivity contribution < 1.29 is 4.79 Å². The Kier molecular flexibility index (Phi) is 4.65. The van der Waals surface area contributed by atoms with Crippen molar-refractivity contribution in [1.29, 1.82) is 0 Å². The summed E-state index contributed by atoms with van der Waals surface area (Å²) in [5.74, 6) is 0.903. The Hall–Kier alpha value is -0.0800. The summed E-state index contributed by atoms with van der Waals surface area (Å²) < 4.78 is 0. The molecule has 0 amide bonds. The monoisotopic (exact) mass is 163 g/mol. The molecule has 1 aliphatic carbocycles. The Morgan fingerprint density at radius 2 is 2.10 bits per heavy atom. The van der Waals surface area contributed by atoms with E-state index in [0.29, 0.717) is 5.92 Å². The largest absolute Gasteiger partial charge is 0.324 e. The number of hydrogen-bond donors (Lipinski definition) is 1. The summed E-state index contributed by atoms with van der Waals surface area (Å²) >= 11 is 0. The molecule has 0 saturated heterocycles. The number of nitrogens with two attached hydrogens (primary N) is 1. The van der Waals surface area contributed by atoms with Crippen LogP contribution in [0.5, 0.6) is 0 Å². The van der Waals surface area contributed by atoms with Gasteiger partial charge in [-0.3, -0.25) is 4.79 Å². The maximum Gasteiger partial charge on any atom is 0.146 e. The van der Waals surface area contributed by atoms with Gasteiger partial charge in [0.15, 0.2) is 0 Å². The van der Waals surface area contributed by atoms with Crippen molar-refractivity contribution in [3.63, 3.8) is 0 Å². The summed E-state index contributed by atoms with van der Waals surface area (Å²) in [6, 6.07) is 0. The molecule has 0 heterocycles. The molecule has 60 valence electrons. The van der Waals surface area contributed by atoms with E-state index in [2.05, 4.69) is 0 Å². The summed E-state index contributed by atoms with van der Waals surface area (Å²) in [5.41, 5.74) is 5.15. The first-order chi connectivity index (χ1) is 4.33. The van der Waals surface area contributed by atoms with Gasteiger partial charge < -0.3 is 5.73 Å². The van der Waals surface area contributed by atoms with Crippen LogP contribution in [0.4, 0.5) is 0 Å². The van der Waals surface area contributed by atoms with E-state index in [9.17, 15) is 4.79 Å². The van der Waals surface area contributed by atoms with Crippen LogP contribution in [0.3, 0.4) is 0 Å². The lowest BCUT2D eigenvalue weighted by Gasteiger charge is -2.23. The first-order valence-electron chi connectivity index (χ1n) is 3.54. The molecule has 1 aliphatic rings. The lowest BCUT2D eigenvalue weighted by molar-refractivity contribution is -0.119. The number of hydrogen-bond acceptors (Lipinski definition) is 2. The Bertz CT molecular complexity index is 112. The summed E-state index contributed by atoms with van der Waals surface area (Å²) in [6.45, 7) is 0.233. The zero-order chi connectivity index (χ0) is 6.69. The van der Waals surface area contributed by atoms with Crippen molar-refractivity contribution in [1.82, 2.24) is 0 Å². The van der Waals surface area contributed by atoms with E-state index in [1.165, 1.54) is 19.3 Å². The number of ketones is 1. The van der Waals surface area contributed by atoms with Crippen LogP contribution in [0, 0.1) is 5.92 Å². The zero-order valence-electron chi connectivity index (χ0n) is 6.01. The summed E-state index contributed by atoms with van der Waals surface area (Å²) in [7, 11) is 0. The molecule has 2 N–H and O–H groups in total. The maximum atomic E-state index is 10.7. The number of carbonyl (C=O) groups is 1. The number of rotatable bonds is 3. The second-order valence-electron chi connectivity index (χ2n) is 2.74. The van der Waals surface area contributed by atoms with Crippen LogP contribution in [0.1, 0.15) is 25.7 Å². The minimum Gasteiger partial charge on any atom is -0.324 e. The normalized spacial score (nSPS) is 17.3. The average molecular weight is 164 g/mol. The first-order valence-corrected chi connectivity index (χ1v) is 3.54. The molecule has 0 aromatic heterocycles. The zero-order valence-corrected chi connectivity index (χ0v) is 6.82. The fraction of sp³-hybridized carbons (Fsp3) is 0.857. The predicted molar refractivity (Wildman–Crippen MR) is 43.3 cm³/mol. The first kappa shape index (κ1) is 9.92. The second kappa shape index (κ2) is 4.69. The predicted octanol–water partition coefficient (Wildman–Crippen LogP) is 1.13. The molecule has 0 aromatic carbocycles. The minimum atomic E-state index is 0. The molecule has 10 heavy (non-hydrogen) atoms. The number of Topliss-reactive ketones (excluding diaryl/α,β-unsaturated/α-hetero) is 1. The third-order valence-electron chi connectivity index (χ3n) is 1.97. The van der Waals surface area contributed by atoms with Crippen LogP contribution in [-0.2, 0) is 4.79 Å². The topological polar surface area (TPSA) is 43.1 Å². The highest BCUT2D eigenvalue weighted by molar-refractivity contribution is 5.85. The van der Waals surface area contributed by atoms with Gasteiger partial charge in [0.25, 0.3) is 0 Å². The van der Waals surface area contributed by atoms with E-state index in [0.717, 1.165) is 6.42 Å². The lowest BCUT2D eigenvalue weighted by atomic mass is 9.82. The third-order valence-corrected chi connectivity index (χ3v) is 1.97. The van der Waals surface area contributed by atoms with Crippen LogP contribution >= 0.6 is 12.4 Å². The van der Waals surface area contributed by atoms with Crippen LogP contribution in [0.25, 0.3) is 0 Å². The van der Waals surface area contributed by atoms with E-state index in [1.807, 2.05) is 0 Å². The summed E-state index contributed by atoms with van der Waals surface area (Å²) in [5, 5.41) is 0. The molecule has 0 atom stereocenters. The molecule has 0 bridgehead atoms. The van der Waals surface area contributed by atoms with E-state index >= 15 is 0 Å². The molecule has 3 heteroatoms. The highest BCUT2D eigenvalue weighted by Gasteiger charge is 2.19. The Balaban J connectivity index is 0.000000810. The maximum absolute atomic E-state index is 10.7. The van der Waals surface area contributed by atoms with Gasteiger partial charge in [0.05, 0.1) is 6.54 Å².